The van der Waals surface area contributed by atoms with Crippen molar-refractivity contribution in [1.29, 1.82) is 0 Å². The molecule has 0 spiro atoms. The highest BCUT2D eigenvalue weighted by atomic mass is 32.1. The summed E-state index contributed by atoms with van der Waals surface area (Å²) in [5, 5.41) is 10.9. The second-order valence-corrected chi connectivity index (χ2v) is 5.22. The number of hydrogen-bond acceptors (Lipinski definition) is 5. The van der Waals surface area contributed by atoms with Gasteiger partial charge in [0.1, 0.15) is 0 Å². The maximum atomic E-state index is 11.5. The van der Waals surface area contributed by atoms with Crippen LogP contribution in [0.15, 0.2) is 30.3 Å². The fraction of sp³-hybridized carbons (Fsp3) is 0.154. The molecule has 5 nitrogen and oxygen atoms in total. The number of hydrogen-bond donors (Lipinski definition) is 0. The van der Waals surface area contributed by atoms with Crippen LogP contribution in [-0.2, 0) is 4.74 Å². The van der Waals surface area contributed by atoms with Crippen LogP contribution in [0.5, 0.6) is 0 Å². The molecule has 1 aromatic heterocycles. The Morgan fingerprint density at radius 2 is 2.05 bits per heavy atom. The Morgan fingerprint density at radius 1 is 1.32 bits per heavy atom. The van der Waals surface area contributed by atoms with Crippen molar-refractivity contribution in [2.75, 3.05) is 7.11 Å². The number of carbonyl (C=O) groups is 1. The highest BCUT2D eigenvalue weighted by Gasteiger charge is 2.16. The summed E-state index contributed by atoms with van der Waals surface area (Å²) in [7, 11) is 1.25. The number of benzene rings is 1. The average Bonchev–Trinajstić information content (AvgIpc) is 2.84. The van der Waals surface area contributed by atoms with E-state index in [9.17, 15) is 14.9 Å². The third-order valence-electron chi connectivity index (χ3n) is 2.57. The average molecular weight is 277 g/mol. The molecule has 1 aromatic carbocycles. The standard InChI is InChI=1S/C13H11NO4S/c1-8-3-4-12(19-8)9-5-10(13(15)18-2)7-11(6-9)14(16)17/h3-7H,1-2H3. The molecule has 0 saturated carbocycles. The molecule has 0 fully saturated rings. The summed E-state index contributed by atoms with van der Waals surface area (Å²) in [4.78, 5) is 23.9. The minimum Gasteiger partial charge on any atom is -0.465 e. The summed E-state index contributed by atoms with van der Waals surface area (Å²) >= 11 is 1.51. The minimum atomic E-state index is -0.585. The Hall–Kier alpha value is -2.21. The molecule has 0 saturated heterocycles. The number of carbonyl (C=O) groups excluding carboxylic acids is 1. The first kappa shape index (κ1) is 13.2. The lowest BCUT2D eigenvalue weighted by Gasteiger charge is -2.03. The van der Waals surface area contributed by atoms with Gasteiger partial charge < -0.3 is 4.74 Å². The van der Waals surface area contributed by atoms with Gasteiger partial charge in [0, 0.05) is 21.9 Å². The summed E-state index contributed by atoms with van der Waals surface area (Å²) in [6, 6.07) is 8.08. The Morgan fingerprint density at radius 3 is 2.58 bits per heavy atom. The number of non-ortho nitro benzene ring substituents is 1. The highest BCUT2D eigenvalue weighted by Crippen LogP contribution is 2.31. The fourth-order valence-electron chi connectivity index (χ4n) is 1.68. The number of nitrogens with zero attached hydrogens (tertiary/aromatic N) is 1. The Balaban J connectivity index is 2.57. The number of esters is 1. The lowest BCUT2D eigenvalue weighted by Crippen LogP contribution is -2.02. The van der Waals surface area contributed by atoms with E-state index in [1.54, 1.807) is 6.07 Å². The number of methoxy groups -OCH3 is 1. The van der Waals surface area contributed by atoms with E-state index in [0.29, 0.717) is 5.56 Å². The molecule has 0 N–H and O–H groups in total. The molecule has 0 aliphatic heterocycles. The molecule has 1 heterocycles. The van der Waals surface area contributed by atoms with Crippen molar-refractivity contribution in [2.45, 2.75) is 6.92 Å². The summed E-state index contributed by atoms with van der Waals surface area (Å²) in [5.41, 5.74) is 0.703. The molecule has 0 atom stereocenters. The van der Waals surface area contributed by atoms with Crippen LogP contribution >= 0.6 is 11.3 Å². The zero-order chi connectivity index (χ0) is 14.0. The number of nitro benzene ring substituents is 1. The zero-order valence-electron chi connectivity index (χ0n) is 10.4. The molecule has 0 radical (unpaired) electrons. The van der Waals surface area contributed by atoms with Crippen molar-refractivity contribution in [3.8, 4) is 10.4 Å². The topological polar surface area (TPSA) is 69.4 Å². The van der Waals surface area contributed by atoms with Crippen molar-refractivity contribution in [3.05, 3.63) is 50.9 Å². The largest absolute Gasteiger partial charge is 0.465 e. The van der Waals surface area contributed by atoms with Crippen LogP contribution in [-0.4, -0.2) is 18.0 Å². The SMILES string of the molecule is COC(=O)c1cc(-c2ccc(C)s2)cc([N+](=O)[O-])c1. The normalized spacial score (nSPS) is 10.2. The molecular formula is C13H11NO4S. The van der Waals surface area contributed by atoms with E-state index in [-0.39, 0.29) is 11.3 Å². The predicted molar refractivity (Wildman–Crippen MR) is 72.5 cm³/mol. The van der Waals surface area contributed by atoms with Gasteiger partial charge in [-0.3, -0.25) is 10.1 Å². The van der Waals surface area contributed by atoms with Crippen molar-refractivity contribution in [2.24, 2.45) is 0 Å². The van der Waals surface area contributed by atoms with Crippen molar-refractivity contribution >= 4 is 23.0 Å². The molecule has 0 aliphatic carbocycles. The Bertz CT molecular complexity index is 648. The van der Waals surface area contributed by atoms with Crippen molar-refractivity contribution in [3.63, 3.8) is 0 Å². The number of aryl methyl sites for hydroxylation is 1. The molecule has 0 unspecified atom stereocenters. The van der Waals surface area contributed by atoms with Crippen LogP contribution < -0.4 is 0 Å². The summed E-state index contributed by atoms with van der Waals surface area (Å²) in [6.07, 6.45) is 0. The van der Waals surface area contributed by atoms with E-state index >= 15 is 0 Å². The van der Waals surface area contributed by atoms with E-state index in [1.165, 1.54) is 30.6 Å². The quantitative estimate of drug-likeness (QED) is 0.489. The Kier molecular flexibility index (Phi) is 3.62. The van der Waals surface area contributed by atoms with Gasteiger partial charge in [-0.2, -0.15) is 0 Å². The van der Waals surface area contributed by atoms with Gasteiger partial charge in [-0.15, -0.1) is 11.3 Å². The van der Waals surface area contributed by atoms with Crippen LogP contribution in [0.3, 0.4) is 0 Å². The number of rotatable bonds is 3. The van der Waals surface area contributed by atoms with E-state index in [0.717, 1.165) is 9.75 Å². The van der Waals surface area contributed by atoms with Crippen molar-refractivity contribution < 1.29 is 14.5 Å². The van der Waals surface area contributed by atoms with Gasteiger partial charge in [0.15, 0.2) is 0 Å². The minimum absolute atomic E-state index is 0.121. The smallest absolute Gasteiger partial charge is 0.338 e. The third kappa shape index (κ3) is 2.79. The van der Waals surface area contributed by atoms with Crippen LogP contribution in [0.2, 0.25) is 0 Å². The first-order valence-corrected chi connectivity index (χ1v) is 6.27. The maximum Gasteiger partial charge on any atom is 0.338 e. The molecule has 0 bridgehead atoms. The predicted octanol–water partition coefficient (Wildman–Crippen LogP) is 3.42. The summed E-state index contributed by atoms with van der Waals surface area (Å²) in [5.74, 6) is -0.585. The van der Waals surface area contributed by atoms with Crippen LogP contribution in [0.4, 0.5) is 5.69 Å². The van der Waals surface area contributed by atoms with E-state index < -0.39 is 10.9 Å². The highest BCUT2D eigenvalue weighted by molar-refractivity contribution is 7.15. The second kappa shape index (κ2) is 5.19. The van der Waals surface area contributed by atoms with E-state index in [2.05, 4.69) is 4.74 Å². The van der Waals surface area contributed by atoms with Crippen molar-refractivity contribution in [1.82, 2.24) is 0 Å². The van der Waals surface area contributed by atoms with Gasteiger partial charge in [0.25, 0.3) is 5.69 Å². The zero-order valence-corrected chi connectivity index (χ0v) is 11.2. The summed E-state index contributed by atoms with van der Waals surface area (Å²) in [6.45, 7) is 1.95. The first-order valence-electron chi connectivity index (χ1n) is 5.46. The molecular weight excluding hydrogens is 266 g/mol. The molecule has 0 amide bonds. The number of nitro groups is 1. The van der Waals surface area contributed by atoms with Gasteiger partial charge in [-0.1, -0.05) is 0 Å². The summed E-state index contributed by atoms with van der Waals surface area (Å²) < 4.78 is 4.61. The molecule has 6 heteroatoms. The van der Waals surface area contributed by atoms with Crippen LogP contribution in [0.1, 0.15) is 15.2 Å². The Labute approximate surface area is 113 Å². The first-order chi connectivity index (χ1) is 9.01. The molecule has 98 valence electrons. The fourth-order valence-corrected chi connectivity index (χ4v) is 2.54. The third-order valence-corrected chi connectivity index (χ3v) is 3.62. The van der Waals surface area contributed by atoms with Gasteiger partial charge in [-0.05, 0) is 30.7 Å². The van der Waals surface area contributed by atoms with Gasteiger partial charge in [0.05, 0.1) is 17.6 Å². The molecule has 2 rings (SSSR count). The van der Waals surface area contributed by atoms with Crippen LogP contribution in [0.25, 0.3) is 10.4 Å². The molecule has 19 heavy (non-hydrogen) atoms. The maximum absolute atomic E-state index is 11.5. The van der Waals surface area contributed by atoms with E-state index in [1.807, 2.05) is 19.1 Å². The second-order valence-electron chi connectivity index (χ2n) is 3.93. The molecule has 0 aliphatic rings. The lowest BCUT2D eigenvalue weighted by atomic mass is 10.1. The molecule has 2 aromatic rings. The van der Waals surface area contributed by atoms with Gasteiger partial charge in [-0.25, -0.2) is 4.79 Å². The lowest BCUT2D eigenvalue weighted by molar-refractivity contribution is -0.384. The number of thiophene rings is 1. The monoisotopic (exact) mass is 277 g/mol. The van der Waals surface area contributed by atoms with Gasteiger partial charge >= 0.3 is 5.97 Å². The van der Waals surface area contributed by atoms with E-state index in [4.69, 9.17) is 0 Å². The van der Waals surface area contributed by atoms with Gasteiger partial charge in [0.2, 0.25) is 0 Å². The number of ether oxygens (including phenoxy) is 1. The van der Waals surface area contributed by atoms with Crippen LogP contribution in [0, 0.1) is 17.0 Å².